The second-order valence-corrected chi connectivity index (χ2v) is 5.47. The van der Waals surface area contributed by atoms with Crippen molar-refractivity contribution in [3.63, 3.8) is 0 Å². The van der Waals surface area contributed by atoms with E-state index in [4.69, 9.17) is 16.8 Å². The summed E-state index contributed by atoms with van der Waals surface area (Å²) in [4.78, 5) is 23.5. The maximum Gasteiger partial charge on any atom is 0.274 e. The third kappa shape index (κ3) is 3.75. The number of carbonyl (C=O) groups excluding carboxylic acids is 2. The van der Waals surface area contributed by atoms with E-state index >= 15 is 0 Å². The van der Waals surface area contributed by atoms with Crippen LogP contribution in [0.2, 0.25) is 0 Å². The summed E-state index contributed by atoms with van der Waals surface area (Å²) in [6, 6.07) is 10.1. The fourth-order valence-corrected chi connectivity index (χ4v) is 2.46. The molecule has 0 saturated heterocycles. The van der Waals surface area contributed by atoms with Gasteiger partial charge in [0.1, 0.15) is 5.50 Å². The molecule has 116 valence electrons. The Balaban J connectivity index is 2.24. The maximum absolute atomic E-state index is 12.1. The quantitative estimate of drug-likeness (QED) is 0.343. The molecule has 0 fully saturated rings. The number of hydrogen-bond acceptors (Lipinski definition) is 3. The lowest BCUT2D eigenvalue weighted by atomic mass is 10.0. The van der Waals surface area contributed by atoms with Crippen LogP contribution in [-0.4, -0.2) is 22.5 Å². The predicted molar refractivity (Wildman–Crippen MR) is 85.2 cm³/mol. The molecule has 2 amide bonds. The minimum absolute atomic E-state index is 0.229. The van der Waals surface area contributed by atoms with Gasteiger partial charge in [-0.15, -0.1) is 0 Å². The Hall–Kier alpha value is -2.11. The first-order chi connectivity index (χ1) is 10.5. The van der Waals surface area contributed by atoms with Crippen molar-refractivity contribution in [1.82, 2.24) is 10.8 Å². The van der Waals surface area contributed by atoms with Crippen molar-refractivity contribution in [3.8, 4) is 0 Å². The highest BCUT2D eigenvalue weighted by Gasteiger charge is 2.11. The Kier molecular flexibility index (Phi) is 5.35. The molecule has 22 heavy (non-hydrogen) atoms. The highest BCUT2D eigenvalue weighted by molar-refractivity contribution is 6.21. The molecule has 1 atom stereocenters. The van der Waals surface area contributed by atoms with Crippen molar-refractivity contribution in [2.75, 3.05) is 0 Å². The van der Waals surface area contributed by atoms with E-state index < -0.39 is 5.91 Å². The second-order valence-electron chi connectivity index (χ2n) is 4.95. The van der Waals surface area contributed by atoms with E-state index in [1.54, 1.807) is 41.9 Å². The van der Waals surface area contributed by atoms with Crippen molar-refractivity contribution < 1.29 is 14.8 Å². The van der Waals surface area contributed by atoms with Crippen LogP contribution in [0.15, 0.2) is 36.4 Å². The highest BCUT2D eigenvalue weighted by atomic mass is 35.5. The topological polar surface area (TPSA) is 78.4 Å². The lowest BCUT2D eigenvalue weighted by Gasteiger charge is -2.11. The molecule has 0 bridgehead atoms. The first-order valence-electron chi connectivity index (χ1n) is 6.98. The van der Waals surface area contributed by atoms with Gasteiger partial charge in [0.25, 0.3) is 11.8 Å². The Morgan fingerprint density at radius 3 is 2.14 bits per heavy atom. The summed E-state index contributed by atoms with van der Waals surface area (Å²) in [5, 5.41) is 13.0. The van der Waals surface area contributed by atoms with Gasteiger partial charge >= 0.3 is 0 Å². The minimum atomic E-state index is -0.576. The summed E-state index contributed by atoms with van der Waals surface area (Å²) in [6.07, 6.45) is 1.60. The van der Waals surface area contributed by atoms with E-state index in [9.17, 15) is 9.59 Å². The lowest BCUT2D eigenvalue weighted by Crippen LogP contribution is -2.30. The average molecular weight is 321 g/mol. The first kappa shape index (κ1) is 16.3. The van der Waals surface area contributed by atoms with Gasteiger partial charge in [0, 0.05) is 11.1 Å². The van der Waals surface area contributed by atoms with E-state index in [-0.39, 0.29) is 11.4 Å². The van der Waals surface area contributed by atoms with Gasteiger partial charge < -0.3 is 5.32 Å². The SMILES string of the molecule is CCCC(Cl)NC(=O)c1ccc2cc(C(=O)NO)ccc2c1. The number of hydrogen-bond donors (Lipinski definition) is 3. The van der Waals surface area contributed by atoms with E-state index in [1.807, 2.05) is 6.92 Å². The number of carbonyl (C=O) groups is 2. The van der Waals surface area contributed by atoms with Crippen LogP contribution in [0.25, 0.3) is 10.8 Å². The van der Waals surface area contributed by atoms with Crippen LogP contribution < -0.4 is 10.8 Å². The monoisotopic (exact) mass is 320 g/mol. The molecule has 0 radical (unpaired) electrons. The standard InChI is InChI=1S/C16H17ClN2O3/c1-2-3-14(17)18-15(20)12-6-4-11-9-13(16(21)19-22)7-5-10(11)8-12/h4-9,14,22H,2-3H2,1H3,(H,18,20)(H,19,21). The number of amides is 2. The summed E-state index contributed by atoms with van der Waals surface area (Å²) in [6.45, 7) is 2.00. The highest BCUT2D eigenvalue weighted by Crippen LogP contribution is 2.18. The molecule has 2 aromatic rings. The van der Waals surface area contributed by atoms with E-state index in [0.29, 0.717) is 17.5 Å². The van der Waals surface area contributed by atoms with Gasteiger partial charge in [0.15, 0.2) is 0 Å². The number of benzene rings is 2. The summed E-state index contributed by atoms with van der Waals surface area (Å²) in [5.74, 6) is -0.805. The van der Waals surface area contributed by atoms with Crippen molar-refractivity contribution in [3.05, 3.63) is 47.5 Å². The normalized spacial score (nSPS) is 12.0. The molecule has 0 heterocycles. The first-order valence-corrected chi connectivity index (χ1v) is 7.42. The Bertz CT molecular complexity index is 703. The molecule has 0 spiro atoms. The predicted octanol–water partition coefficient (Wildman–Crippen LogP) is 3.05. The minimum Gasteiger partial charge on any atom is -0.336 e. The Morgan fingerprint density at radius 1 is 1.09 bits per heavy atom. The maximum atomic E-state index is 12.1. The second kappa shape index (κ2) is 7.24. The number of fused-ring (bicyclic) bond motifs is 1. The summed E-state index contributed by atoms with van der Waals surface area (Å²) >= 11 is 6.02. The van der Waals surface area contributed by atoms with Crippen molar-refractivity contribution in [2.45, 2.75) is 25.3 Å². The molecular weight excluding hydrogens is 304 g/mol. The van der Waals surface area contributed by atoms with E-state index in [2.05, 4.69) is 5.32 Å². The number of alkyl halides is 1. The lowest BCUT2D eigenvalue weighted by molar-refractivity contribution is 0.0706. The smallest absolute Gasteiger partial charge is 0.274 e. The summed E-state index contributed by atoms with van der Waals surface area (Å²) in [5.41, 5.74) is 2.06. The molecule has 0 aliphatic carbocycles. The van der Waals surface area contributed by atoms with Crippen LogP contribution in [-0.2, 0) is 0 Å². The average Bonchev–Trinajstić information content (AvgIpc) is 2.53. The van der Waals surface area contributed by atoms with Crippen LogP contribution >= 0.6 is 11.6 Å². The molecule has 0 aliphatic rings. The number of rotatable bonds is 5. The summed E-state index contributed by atoms with van der Waals surface area (Å²) < 4.78 is 0. The molecular formula is C16H17ClN2O3. The molecule has 0 saturated carbocycles. The fraction of sp³-hybridized carbons (Fsp3) is 0.250. The van der Waals surface area contributed by atoms with E-state index in [1.165, 1.54) is 0 Å². The Labute approximate surface area is 133 Å². The van der Waals surface area contributed by atoms with Crippen molar-refractivity contribution in [2.24, 2.45) is 0 Å². The molecule has 6 heteroatoms. The molecule has 1 unspecified atom stereocenters. The van der Waals surface area contributed by atoms with Crippen LogP contribution in [0, 0.1) is 0 Å². The number of nitrogens with one attached hydrogen (secondary N) is 2. The van der Waals surface area contributed by atoms with Gasteiger partial charge in [-0.3, -0.25) is 14.8 Å². The molecule has 2 aromatic carbocycles. The molecule has 2 rings (SSSR count). The van der Waals surface area contributed by atoms with Gasteiger partial charge in [-0.05, 0) is 41.5 Å². The zero-order chi connectivity index (χ0) is 16.1. The van der Waals surface area contributed by atoms with Crippen LogP contribution in [0.1, 0.15) is 40.5 Å². The van der Waals surface area contributed by atoms with Gasteiger partial charge in [-0.2, -0.15) is 0 Å². The third-order valence-electron chi connectivity index (χ3n) is 3.30. The van der Waals surface area contributed by atoms with Crippen LogP contribution in [0.3, 0.4) is 0 Å². The largest absolute Gasteiger partial charge is 0.336 e. The van der Waals surface area contributed by atoms with Crippen LogP contribution in [0.5, 0.6) is 0 Å². The van der Waals surface area contributed by atoms with Gasteiger partial charge in [0.05, 0.1) is 0 Å². The summed E-state index contributed by atoms with van der Waals surface area (Å²) in [7, 11) is 0. The van der Waals surface area contributed by atoms with Crippen LogP contribution in [0.4, 0.5) is 0 Å². The van der Waals surface area contributed by atoms with Crippen molar-refractivity contribution >= 4 is 34.2 Å². The molecule has 0 aliphatic heterocycles. The Morgan fingerprint density at radius 2 is 1.64 bits per heavy atom. The van der Waals surface area contributed by atoms with Gasteiger partial charge in [0.2, 0.25) is 0 Å². The number of halogens is 1. The fourth-order valence-electron chi connectivity index (χ4n) is 2.14. The zero-order valence-corrected chi connectivity index (χ0v) is 12.9. The molecule has 3 N–H and O–H groups in total. The van der Waals surface area contributed by atoms with Gasteiger partial charge in [-0.25, -0.2) is 5.48 Å². The zero-order valence-electron chi connectivity index (χ0n) is 12.1. The van der Waals surface area contributed by atoms with Gasteiger partial charge in [-0.1, -0.05) is 37.1 Å². The molecule has 5 nitrogen and oxygen atoms in total. The molecule has 0 aromatic heterocycles. The third-order valence-corrected chi connectivity index (χ3v) is 3.62. The van der Waals surface area contributed by atoms with E-state index in [0.717, 1.165) is 17.2 Å². The number of hydroxylamine groups is 1. The van der Waals surface area contributed by atoms with Crippen molar-refractivity contribution in [1.29, 1.82) is 0 Å².